The number of carbonyl (C=O) groups is 1. The van der Waals surface area contributed by atoms with Crippen molar-refractivity contribution in [2.45, 2.75) is 24.7 Å². The molecular weight excluding hydrogens is 590 g/mol. The molecule has 5 aliphatic rings. The van der Waals surface area contributed by atoms with Gasteiger partial charge in [-0.3, -0.25) is 28.8 Å². The summed E-state index contributed by atoms with van der Waals surface area (Å²) < 4.78 is 4.91. The standard InChI is InChI=1S/C32H19NO10S/c1-43-16-9-15(35)20-21(25(16)36)27(38)23-22(26(20)37)29(40)32(30(23)41)7-6-13-18(12-4-2-3-5-17(12)44)14-8-11(10-34)33-31(42)19(14)28(39)24(13)32/h2-4,8-10,39-41H,5-7H2,1H3,(H,33,42)/t32-/m0/s1. The maximum atomic E-state index is 13.8. The Labute approximate surface area is 249 Å². The quantitative estimate of drug-likeness (QED) is 0.181. The number of phenolic OH excluding ortho intramolecular Hbond substituents is 1. The van der Waals surface area contributed by atoms with Crippen molar-refractivity contribution in [3.8, 4) is 11.5 Å². The summed E-state index contributed by atoms with van der Waals surface area (Å²) in [5.74, 6) is -2.75. The van der Waals surface area contributed by atoms with Gasteiger partial charge in [0.15, 0.2) is 17.5 Å². The van der Waals surface area contributed by atoms with Gasteiger partial charge in [-0.05, 0) is 35.6 Å². The highest BCUT2D eigenvalue weighted by Gasteiger charge is 2.54. The SMILES string of the molecule is COc1cc(=O)c2c(=O)c3c(c(=O)c=2c1=O)=C(O)[C@]1(CCc2c1c(O)c1c(=O)[nH]c(C=O)cc1c2C1=CC=CCC1=S)C=3O. The van der Waals surface area contributed by atoms with Crippen molar-refractivity contribution in [3.05, 3.63) is 125 Å². The predicted molar refractivity (Wildman–Crippen MR) is 163 cm³/mol. The lowest BCUT2D eigenvalue weighted by Gasteiger charge is -2.28. The number of fused-ring (bicyclic) bond motifs is 4. The van der Waals surface area contributed by atoms with Crippen LogP contribution in [0.3, 0.4) is 0 Å². The molecule has 0 amide bonds. The van der Waals surface area contributed by atoms with Crippen molar-refractivity contribution in [2.75, 3.05) is 7.11 Å². The van der Waals surface area contributed by atoms with E-state index in [1.165, 1.54) is 6.07 Å². The molecule has 4 N–H and O–H groups in total. The molecule has 0 unspecified atom stereocenters. The van der Waals surface area contributed by atoms with E-state index in [2.05, 4.69) is 4.98 Å². The number of hydrogen-bond acceptors (Lipinski definition) is 11. The van der Waals surface area contributed by atoms with E-state index in [1.807, 2.05) is 6.08 Å². The van der Waals surface area contributed by atoms with Crippen LogP contribution in [-0.4, -0.2) is 38.6 Å². The van der Waals surface area contributed by atoms with Gasteiger partial charge >= 0.3 is 0 Å². The molecule has 12 heteroatoms. The van der Waals surface area contributed by atoms with Gasteiger partial charge in [-0.15, -0.1) is 0 Å². The van der Waals surface area contributed by atoms with Crippen LogP contribution in [0.15, 0.2) is 54.3 Å². The third-order valence-electron chi connectivity index (χ3n) is 8.85. The number of pyridine rings is 1. The molecule has 11 nitrogen and oxygen atoms in total. The number of hydrogen-bond donors (Lipinski definition) is 4. The zero-order valence-corrected chi connectivity index (χ0v) is 23.5. The number of thiocarbonyl (C=S) groups is 1. The van der Waals surface area contributed by atoms with E-state index < -0.39 is 76.6 Å². The maximum absolute atomic E-state index is 13.8. The Bertz CT molecular complexity index is 2640. The van der Waals surface area contributed by atoms with Gasteiger partial charge in [0.25, 0.3) is 5.56 Å². The zero-order valence-electron chi connectivity index (χ0n) is 22.7. The fraction of sp³-hybridized carbons (Fsp3) is 0.156. The van der Waals surface area contributed by atoms with Crippen LogP contribution in [0.2, 0.25) is 0 Å². The zero-order chi connectivity index (χ0) is 31.4. The summed E-state index contributed by atoms with van der Waals surface area (Å²) in [5.41, 5.74) is -6.23. The number of allylic oxidation sites excluding steroid dienone is 4. The molecule has 7 rings (SSSR count). The molecule has 1 heterocycles. The third-order valence-corrected chi connectivity index (χ3v) is 9.23. The number of ether oxygens (including phenoxy) is 1. The number of aliphatic hydroxyl groups is 2. The van der Waals surface area contributed by atoms with E-state index in [1.54, 1.807) is 12.2 Å². The minimum absolute atomic E-state index is 0.0541. The topological polar surface area (TPSA) is 188 Å². The number of rotatable bonds is 3. The summed E-state index contributed by atoms with van der Waals surface area (Å²) in [5, 5.41) is 32.3. The monoisotopic (exact) mass is 609 g/mol. The molecule has 2 aromatic rings. The Kier molecular flexibility index (Phi) is 5.60. The van der Waals surface area contributed by atoms with Crippen molar-refractivity contribution in [2.24, 2.45) is 0 Å². The summed E-state index contributed by atoms with van der Waals surface area (Å²) in [7, 11) is 1.11. The number of benzene rings is 1. The number of aromatic hydroxyl groups is 1. The molecule has 0 saturated carbocycles. The number of carbonyl (C=O) groups excluding carboxylic acids is 1. The minimum atomic E-state index is -2.08. The van der Waals surface area contributed by atoms with Crippen LogP contribution in [0.4, 0.5) is 0 Å². The van der Waals surface area contributed by atoms with Gasteiger partial charge < -0.3 is 25.0 Å². The van der Waals surface area contributed by atoms with Crippen molar-refractivity contribution >= 4 is 51.2 Å². The Morgan fingerprint density at radius 1 is 0.955 bits per heavy atom. The summed E-state index contributed by atoms with van der Waals surface area (Å²) in [4.78, 5) is 81.3. The van der Waals surface area contributed by atoms with Gasteiger partial charge in [0, 0.05) is 28.3 Å². The smallest absolute Gasteiger partial charge is 0.260 e. The second-order valence-corrected chi connectivity index (χ2v) is 11.3. The Morgan fingerprint density at radius 3 is 2.27 bits per heavy atom. The molecular formula is C32H19NO10S. The molecule has 218 valence electrons. The summed E-state index contributed by atoms with van der Waals surface area (Å²) in [6, 6.07) is 2.16. The van der Waals surface area contributed by atoms with Crippen LogP contribution >= 0.6 is 12.2 Å². The fourth-order valence-electron chi connectivity index (χ4n) is 7.00. The Hall–Kier alpha value is -5.49. The van der Waals surface area contributed by atoms with Crippen LogP contribution in [0.5, 0.6) is 11.5 Å². The summed E-state index contributed by atoms with van der Waals surface area (Å²) in [6.07, 6.45) is 5.99. The largest absolute Gasteiger partial charge is 0.510 e. The molecule has 44 heavy (non-hydrogen) atoms. The van der Waals surface area contributed by atoms with Crippen molar-refractivity contribution in [3.63, 3.8) is 0 Å². The predicted octanol–water partition coefficient (Wildman–Crippen LogP) is 0.0394. The highest BCUT2D eigenvalue weighted by atomic mass is 32.1. The lowest BCUT2D eigenvalue weighted by Crippen LogP contribution is -2.51. The van der Waals surface area contributed by atoms with Gasteiger partial charge in [-0.25, -0.2) is 0 Å². The van der Waals surface area contributed by atoms with E-state index in [4.69, 9.17) is 17.0 Å². The minimum Gasteiger partial charge on any atom is -0.510 e. The van der Waals surface area contributed by atoms with E-state index in [9.17, 15) is 44.1 Å². The van der Waals surface area contributed by atoms with Gasteiger partial charge in [0.1, 0.15) is 22.7 Å². The average molecular weight is 610 g/mol. The number of aromatic amines is 1. The molecule has 1 aromatic carbocycles. The van der Waals surface area contributed by atoms with Crippen molar-refractivity contribution < 1.29 is 24.9 Å². The second kappa shape index (κ2) is 9.01. The Balaban J connectivity index is 1.72. The van der Waals surface area contributed by atoms with E-state index in [0.29, 0.717) is 34.3 Å². The van der Waals surface area contributed by atoms with Crippen LogP contribution in [0.25, 0.3) is 27.9 Å². The van der Waals surface area contributed by atoms with Crippen molar-refractivity contribution in [1.82, 2.24) is 4.98 Å². The van der Waals surface area contributed by atoms with Crippen LogP contribution in [0.1, 0.15) is 40.0 Å². The number of aldehydes is 1. The van der Waals surface area contributed by atoms with Crippen LogP contribution < -0.4 is 42.4 Å². The molecule has 0 bridgehead atoms. The van der Waals surface area contributed by atoms with Gasteiger partial charge in [-0.2, -0.15) is 0 Å². The number of aliphatic hydroxyl groups excluding tert-OH is 2. The number of H-pyrrole nitrogens is 1. The lowest BCUT2D eigenvalue weighted by molar-refractivity contribution is 0.111. The molecule has 1 spiro atoms. The van der Waals surface area contributed by atoms with Crippen LogP contribution in [0, 0.1) is 10.4 Å². The van der Waals surface area contributed by atoms with Gasteiger partial charge in [-0.1, -0.05) is 30.4 Å². The number of nitrogens with one attached hydrogen (secondary N) is 1. The van der Waals surface area contributed by atoms with Gasteiger partial charge in [0.05, 0.1) is 39.1 Å². The molecule has 0 radical (unpaired) electrons. The highest BCUT2D eigenvalue weighted by molar-refractivity contribution is 7.81. The lowest BCUT2D eigenvalue weighted by atomic mass is 9.77. The first-order valence-corrected chi connectivity index (χ1v) is 13.8. The maximum Gasteiger partial charge on any atom is 0.260 e. The molecule has 1 atom stereocenters. The molecule has 5 aliphatic carbocycles. The third kappa shape index (κ3) is 3.12. The van der Waals surface area contributed by atoms with Crippen molar-refractivity contribution in [1.29, 1.82) is 0 Å². The van der Waals surface area contributed by atoms with Crippen LogP contribution in [-0.2, 0) is 11.8 Å². The first kappa shape index (κ1) is 27.3. The molecule has 0 aliphatic heterocycles. The first-order valence-electron chi connectivity index (χ1n) is 13.4. The van der Waals surface area contributed by atoms with Gasteiger partial charge in [0.2, 0.25) is 16.3 Å². The number of phenols is 1. The fourth-order valence-corrected chi connectivity index (χ4v) is 7.27. The summed E-state index contributed by atoms with van der Waals surface area (Å²) in [6.45, 7) is 0. The first-order chi connectivity index (χ1) is 21.0. The van der Waals surface area contributed by atoms with E-state index in [-0.39, 0.29) is 34.9 Å². The molecule has 0 saturated heterocycles. The van der Waals surface area contributed by atoms with E-state index >= 15 is 0 Å². The Morgan fingerprint density at radius 2 is 1.64 bits per heavy atom. The highest BCUT2D eigenvalue weighted by Crippen LogP contribution is 2.56. The molecule has 0 fully saturated rings. The normalized spacial score (nSPS) is 18.8. The average Bonchev–Trinajstić information content (AvgIpc) is 3.50. The van der Waals surface area contributed by atoms with E-state index in [0.717, 1.165) is 13.2 Å². The number of aromatic nitrogens is 1. The number of methoxy groups -OCH3 is 1. The second-order valence-electron chi connectivity index (χ2n) is 10.8. The molecule has 1 aromatic heterocycles. The summed E-state index contributed by atoms with van der Waals surface area (Å²) >= 11 is 5.63.